The molecule has 0 aliphatic carbocycles. The van der Waals surface area contributed by atoms with Gasteiger partial charge in [0.15, 0.2) is 0 Å². The second-order valence-electron chi connectivity index (χ2n) is 0.333. The maximum Gasteiger partial charge on any atom is -0.00793 e. The fraction of sp³-hybridized carbons (Fsp3) is 1.00. The fourth-order valence-corrected chi connectivity index (χ4v) is 0. The van der Waals surface area contributed by atoms with Crippen molar-refractivity contribution in [1.29, 1.82) is 0 Å². The molecule has 0 saturated heterocycles. The molecule has 0 aliphatic rings. The summed E-state index contributed by atoms with van der Waals surface area (Å²) in [5, 5.41) is 0. The minimum atomic E-state index is 0. The summed E-state index contributed by atoms with van der Waals surface area (Å²) in [5.74, 6) is 0. The molecule has 42 valence electrons. The van der Waals surface area contributed by atoms with Gasteiger partial charge in [-0.15, -0.1) is 0 Å². The van der Waals surface area contributed by atoms with Crippen molar-refractivity contribution in [3.63, 3.8) is 0 Å². The van der Waals surface area contributed by atoms with E-state index in [-0.39, 0.29) is 11.0 Å². The Hall–Kier alpha value is 0.620. The van der Waals surface area contributed by atoms with Gasteiger partial charge in [-0.05, 0) is 12.5 Å². The van der Waals surface area contributed by atoms with Gasteiger partial charge in [-0.25, -0.2) is 0 Å². The summed E-state index contributed by atoms with van der Waals surface area (Å²) in [6, 6.07) is 0. The van der Waals surface area contributed by atoms with Gasteiger partial charge >= 0.3 is 0 Å². The Morgan fingerprint density at radius 2 is 1.00 bits per heavy atom. The molecule has 4 heteroatoms. The molecule has 0 aliphatic heterocycles. The Morgan fingerprint density at radius 1 is 0.833 bits per heavy atom. The van der Waals surface area contributed by atoms with Crippen LogP contribution in [-0.4, -0.2) is 23.5 Å². The lowest BCUT2D eigenvalue weighted by Gasteiger charge is -1.69. The third-order valence-corrected chi connectivity index (χ3v) is 1.50. The lowest BCUT2D eigenvalue weighted by atomic mass is 12.0. The fourth-order valence-electron chi connectivity index (χ4n) is 0. The van der Waals surface area contributed by atoms with Crippen LogP contribution in [-0.2, 0) is 0 Å². The van der Waals surface area contributed by atoms with E-state index in [0.29, 0.717) is 0 Å². The molecule has 0 rings (SSSR count). The molecule has 6 heavy (non-hydrogen) atoms. The van der Waals surface area contributed by atoms with Gasteiger partial charge in [0.25, 0.3) is 0 Å². The van der Waals surface area contributed by atoms with Gasteiger partial charge in [-0.1, -0.05) is 21.6 Å². The van der Waals surface area contributed by atoms with Crippen LogP contribution in [0.1, 0.15) is 0 Å². The number of hydrogen-bond acceptors (Lipinski definition) is 2. The minimum Gasteiger partial charge on any atom is -0.412 e. The van der Waals surface area contributed by atoms with Crippen LogP contribution in [0.4, 0.5) is 0 Å². The van der Waals surface area contributed by atoms with Crippen LogP contribution in [0.5, 0.6) is 0 Å². The highest BCUT2D eigenvalue weighted by atomic mass is 33.1. The highest BCUT2D eigenvalue weighted by Gasteiger charge is 1.55. The van der Waals surface area contributed by atoms with E-state index < -0.39 is 0 Å². The molecule has 0 unspecified atom stereocenters. The van der Waals surface area contributed by atoms with E-state index in [2.05, 4.69) is 12.5 Å². The zero-order chi connectivity index (χ0) is 3.41. The first kappa shape index (κ1) is 16.0. The molecule has 0 atom stereocenters. The smallest absolute Gasteiger partial charge is 0.00793 e. The zero-order valence-electron chi connectivity index (χ0n) is 3.82. The molecule has 0 heterocycles. The largest absolute Gasteiger partial charge is 0.412 e. The Bertz CT molecular complexity index is 11.5. The van der Waals surface area contributed by atoms with Crippen LogP contribution in [0.25, 0.3) is 0 Å². The van der Waals surface area contributed by atoms with Crippen molar-refractivity contribution >= 4 is 21.6 Å². The van der Waals surface area contributed by atoms with Crippen molar-refractivity contribution in [1.82, 2.24) is 0 Å². The first-order chi connectivity index (χ1) is 1.91. The average molecular weight is 130 g/mol. The molecule has 0 radical (unpaired) electrons. The molecule has 2 nitrogen and oxygen atoms in total. The van der Waals surface area contributed by atoms with Crippen LogP contribution >= 0.6 is 21.6 Å². The van der Waals surface area contributed by atoms with E-state index >= 15 is 0 Å². The predicted octanol–water partition coefficient (Wildman–Crippen LogP) is -0.0220. The highest BCUT2D eigenvalue weighted by Crippen LogP contribution is 2.09. The Morgan fingerprint density at radius 3 is 1.00 bits per heavy atom. The standard InChI is InChI=1S/C2H6S2.2H2O/c1-3-4-2;;/h1-2H3;2*1H2. The monoisotopic (exact) mass is 130 g/mol. The van der Waals surface area contributed by atoms with E-state index in [9.17, 15) is 0 Å². The van der Waals surface area contributed by atoms with Crippen LogP contribution in [0.15, 0.2) is 0 Å². The van der Waals surface area contributed by atoms with Crippen molar-refractivity contribution in [2.24, 2.45) is 0 Å². The third kappa shape index (κ3) is 23.1. The van der Waals surface area contributed by atoms with Crippen molar-refractivity contribution < 1.29 is 11.0 Å². The molecule has 4 N–H and O–H groups in total. The minimum absolute atomic E-state index is 0. The van der Waals surface area contributed by atoms with Crippen LogP contribution < -0.4 is 0 Å². The summed E-state index contributed by atoms with van der Waals surface area (Å²) in [5.41, 5.74) is 0. The van der Waals surface area contributed by atoms with Gasteiger partial charge in [-0.2, -0.15) is 0 Å². The third-order valence-electron chi connectivity index (χ3n) is 0.167. The quantitative estimate of drug-likeness (QED) is 0.468. The molecular weight excluding hydrogens is 120 g/mol. The maximum absolute atomic E-state index is 2.06. The van der Waals surface area contributed by atoms with Gasteiger partial charge in [0, 0.05) is 0 Å². The van der Waals surface area contributed by atoms with Crippen molar-refractivity contribution in [3.8, 4) is 0 Å². The average Bonchev–Trinajstić information content (AvgIpc) is 1.37. The summed E-state index contributed by atoms with van der Waals surface area (Å²) in [4.78, 5) is 0. The number of hydrogen-bond donors (Lipinski definition) is 0. The van der Waals surface area contributed by atoms with E-state index in [0.717, 1.165) is 0 Å². The van der Waals surface area contributed by atoms with Crippen LogP contribution in [0.2, 0.25) is 0 Å². The molecule has 0 spiro atoms. The van der Waals surface area contributed by atoms with Gasteiger partial charge in [0.1, 0.15) is 0 Å². The van der Waals surface area contributed by atoms with Crippen LogP contribution in [0.3, 0.4) is 0 Å². The van der Waals surface area contributed by atoms with E-state index in [1.54, 1.807) is 21.6 Å². The van der Waals surface area contributed by atoms with Gasteiger partial charge in [-0.3, -0.25) is 0 Å². The highest BCUT2D eigenvalue weighted by molar-refractivity contribution is 8.76. The van der Waals surface area contributed by atoms with Gasteiger partial charge in [0.05, 0.1) is 0 Å². The molecule has 0 fully saturated rings. The molecule has 0 saturated carbocycles. The van der Waals surface area contributed by atoms with E-state index in [4.69, 9.17) is 0 Å². The van der Waals surface area contributed by atoms with Crippen LogP contribution in [0, 0.1) is 0 Å². The van der Waals surface area contributed by atoms with Gasteiger partial charge < -0.3 is 11.0 Å². The Balaban J connectivity index is -0.0000000450. The summed E-state index contributed by atoms with van der Waals surface area (Å²) >= 11 is 0. The lowest BCUT2D eigenvalue weighted by molar-refractivity contribution is 0.823. The zero-order valence-corrected chi connectivity index (χ0v) is 5.45. The topological polar surface area (TPSA) is 63.0 Å². The molecule has 0 bridgehead atoms. The summed E-state index contributed by atoms with van der Waals surface area (Å²) < 4.78 is 0. The molecule has 0 aromatic rings. The second kappa shape index (κ2) is 17.5. The Kier molecular flexibility index (Phi) is 46.5. The van der Waals surface area contributed by atoms with E-state index in [1.807, 2.05) is 0 Å². The summed E-state index contributed by atoms with van der Waals surface area (Å²) in [6.45, 7) is 0. The second-order valence-corrected chi connectivity index (χ2v) is 3.00. The molecule has 0 aromatic carbocycles. The Labute approximate surface area is 45.7 Å². The molecular formula is C2H10O2S2. The lowest BCUT2D eigenvalue weighted by Crippen LogP contribution is -1.28. The first-order valence-corrected chi connectivity index (χ1v) is 3.95. The van der Waals surface area contributed by atoms with Gasteiger partial charge in [0.2, 0.25) is 0 Å². The first-order valence-electron chi connectivity index (χ1n) is 0.983. The SMILES string of the molecule is CSSC.O.O. The summed E-state index contributed by atoms with van der Waals surface area (Å²) in [7, 11) is 3.55. The normalized spacial score (nSPS) is 5.00. The molecule has 0 amide bonds. The predicted molar refractivity (Wildman–Crippen MR) is 34.3 cm³/mol. The molecule has 0 aromatic heterocycles. The number of rotatable bonds is 1. The maximum atomic E-state index is 2.06. The summed E-state index contributed by atoms with van der Waals surface area (Å²) in [6.07, 6.45) is 4.12. The van der Waals surface area contributed by atoms with Crippen molar-refractivity contribution in [2.75, 3.05) is 12.5 Å². The van der Waals surface area contributed by atoms with Crippen molar-refractivity contribution in [2.45, 2.75) is 0 Å². The van der Waals surface area contributed by atoms with Crippen molar-refractivity contribution in [3.05, 3.63) is 0 Å². The van der Waals surface area contributed by atoms with E-state index in [1.165, 1.54) is 0 Å².